The largest absolute Gasteiger partial charge is 0.345 e. The van der Waals surface area contributed by atoms with Crippen molar-refractivity contribution in [2.45, 2.75) is 47.0 Å². The number of amides is 1. The number of carbonyl (C=O) groups excluding carboxylic acids is 1. The van der Waals surface area contributed by atoms with E-state index in [2.05, 4.69) is 27.7 Å². The number of carbonyl (C=O) groups is 1. The Morgan fingerprint density at radius 1 is 1.38 bits per heavy atom. The molecule has 0 heterocycles. The van der Waals surface area contributed by atoms with E-state index in [-0.39, 0.29) is 11.3 Å². The van der Waals surface area contributed by atoms with E-state index in [1.165, 1.54) is 0 Å². The lowest BCUT2D eigenvalue weighted by atomic mass is 9.93. The van der Waals surface area contributed by atoms with Crippen molar-refractivity contribution in [2.75, 3.05) is 20.1 Å². The van der Waals surface area contributed by atoms with Crippen LogP contribution < -0.4 is 5.73 Å². The van der Waals surface area contributed by atoms with Crippen LogP contribution in [0.25, 0.3) is 0 Å². The van der Waals surface area contributed by atoms with E-state index in [1.54, 1.807) is 0 Å². The Balaban J connectivity index is 3.91. The van der Waals surface area contributed by atoms with Gasteiger partial charge in [-0.05, 0) is 24.3 Å². The molecule has 0 bridgehead atoms. The summed E-state index contributed by atoms with van der Waals surface area (Å²) in [5.74, 6) is 0.917. The second-order valence-electron chi connectivity index (χ2n) is 5.90. The maximum absolute atomic E-state index is 11.8. The smallest absolute Gasteiger partial charge is 0.222 e. The summed E-state index contributed by atoms with van der Waals surface area (Å²) >= 11 is 0. The summed E-state index contributed by atoms with van der Waals surface area (Å²) < 4.78 is 0. The Labute approximate surface area is 100 Å². The van der Waals surface area contributed by atoms with Crippen LogP contribution >= 0.6 is 0 Å². The molecule has 0 rings (SSSR count). The predicted octanol–water partition coefficient (Wildman–Crippen LogP) is 2.26. The van der Waals surface area contributed by atoms with Gasteiger partial charge >= 0.3 is 0 Å². The minimum atomic E-state index is 0.0163. The first-order valence-corrected chi connectivity index (χ1v) is 6.22. The monoisotopic (exact) mass is 228 g/mol. The van der Waals surface area contributed by atoms with E-state index in [9.17, 15) is 4.79 Å². The van der Waals surface area contributed by atoms with Crippen LogP contribution in [0.3, 0.4) is 0 Å². The molecule has 0 aliphatic heterocycles. The van der Waals surface area contributed by atoms with Crippen LogP contribution in [-0.4, -0.2) is 30.9 Å². The Kier molecular flexibility index (Phi) is 6.65. The fourth-order valence-corrected chi connectivity index (χ4v) is 1.65. The first-order chi connectivity index (χ1) is 7.28. The normalized spacial score (nSPS) is 11.9. The fraction of sp³-hybridized carbons (Fsp3) is 0.923. The highest BCUT2D eigenvalue weighted by molar-refractivity contribution is 5.75. The molecule has 0 spiro atoms. The van der Waals surface area contributed by atoms with Gasteiger partial charge in [0.2, 0.25) is 5.91 Å². The van der Waals surface area contributed by atoms with Gasteiger partial charge in [-0.15, -0.1) is 0 Å². The standard InChI is InChI=1S/C13H28N2O/c1-11(2)7-6-8-12(16)15(5)10-13(3,4)9-14/h11H,6-10,14H2,1-5H3. The number of nitrogens with zero attached hydrogens (tertiary/aromatic N) is 1. The third-order valence-electron chi connectivity index (χ3n) is 2.82. The van der Waals surface area contributed by atoms with Crippen molar-refractivity contribution in [2.24, 2.45) is 17.1 Å². The first-order valence-electron chi connectivity index (χ1n) is 6.22. The zero-order valence-electron chi connectivity index (χ0n) is 11.5. The molecule has 0 aromatic carbocycles. The van der Waals surface area contributed by atoms with Crippen molar-refractivity contribution in [1.29, 1.82) is 0 Å². The van der Waals surface area contributed by atoms with Crippen molar-refractivity contribution < 1.29 is 4.79 Å². The zero-order chi connectivity index (χ0) is 12.8. The molecular weight excluding hydrogens is 200 g/mol. The van der Waals surface area contributed by atoms with Gasteiger partial charge in [-0.1, -0.05) is 34.1 Å². The molecule has 3 heteroatoms. The lowest BCUT2D eigenvalue weighted by molar-refractivity contribution is -0.131. The highest BCUT2D eigenvalue weighted by Gasteiger charge is 2.20. The van der Waals surface area contributed by atoms with Crippen molar-refractivity contribution in [3.63, 3.8) is 0 Å². The van der Waals surface area contributed by atoms with Gasteiger partial charge in [0.05, 0.1) is 0 Å². The molecule has 0 atom stereocenters. The average molecular weight is 228 g/mol. The molecule has 0 saturated heterocycles. The molecule has 0 aromatic rings. The van der Waals surface area contributed by atoms with E-state index in [1.807, 2.05) is 11.9 Å². The topological polar surface area (TPSA) is 46.3 Å². The van der Waals surface area contributed by atoms with Crippen LogP contribution in [0, 0.1) is 11.3 Å². The van der Waals surface area contributed by atoms with E-state index in [4.69, 9.17) is 5.73 Å². The lowest BCUT2D eigenvalue weighted by Gasteiger charge is -2.29. The van der Waals surface area contributed by atoms with Gasteiger partial charge in [0.25, 0.3) is 0 Å². The fourth-order valence-electron chi connectivity index (χ4n) is 1.65. The molecule has 0 radical (unpaired) electrons. The molecular formula is C13H28N2O. The van der Waals surface area contributed by atoms with Crippen LogP contribution in [0.15, 0.2) is 0 Å². The van der Waals surface area contributed by atoms with Gasteiger partial charge < -0.3 is 10.6 Å². The Morgan fingerprint density at radius 2 is 1.94 bits per heavy atom. The molecule has 96 valence electrons. The number of rotatable bonds is 7. The van der Waals surface area contributed by atoms with Crippen molar-refractivity contribution in [1.82, 2.24) is 4.90 Å². The molecule has 0 saturated carbocycles. The quantitative estimate of drug-likeness (QED) is 0.726. The summed E-state index contributed by atoms with van der Waals surface area (Å²) in [5.41, 5.74) is 5.67. The summed E-state index contributed by atoms with van der Waals surface area (Å²) in [6.07, 6.45) is 2.78. The van der Waals surface area contributed by atoms with E-state index in [0.717, 1.165) is 19.4 Å². The van der Waals surface area contributed by atoms with Crippen LogP contribution in [0.4, 0.5) is 0 Å². The van der Waals surface area contributed by atoms with E-state index >= 15 is 0 Å². The van der Waals surface area contributed by atoms with Gasteiger partial charge in [-0.25, -0.2) is 0 Å². The molecule has 0 aliphatic rings. The molecule has 16 heavy (non-hydrogen) atoms. The Morgan fingerprint density at radius 3 is 2.38 bits per heavy atom. The third-order valence-corrected chi connectivity index (χ3v) is 2.82. The summed E-state index contributed by atoms with van der Waals surface area (Å²) in [5, 5.41) is 0. The molecule has 3 nitrogen and oxygen atoms in total. The molecule has 1 amide bonds. The van der Waals surface area contributed by atoms with Crippen molar-refractivity contribution in [3.8, 4) is 0 Å². The SMILES string of the molecule is CC(C)CCCC(=O)N(C)CC(C)(C)CN. The number of hydrogen-bond donors (Lipinski definition) is 1. The van der Waals surface area contributed by atoms with Crippen molar-refractivity contribution >= 4 is 5.91 Å². The van der Waals surface area contributed by atoms with Gasteiger partial charge in [0.15, 0.2) is 0 Å². The number of nitrogens with two attached hydrogens (primary N) is 1. The molecule has 0 aromatic heterocycles. The Bertz CT molecular complexity index is 212. The first kappa shape index (κ1) is 15.4. The van der Waals surface area contributed by atoms with Crippen molar-refractivity contribution in [3.05, 3.63) is 0 Å². The maximum Gasteiger partial charge on any atom is 0.222 e. The van der Waals surface area contributed by atoms with Gasteiger partial charge in [-0.2, -0.15) is 0 Å². The summed E-state index contributed by atoms with van der Waals surface area (Å²) in [6, 6.07) is 0. The van der Waals surface area contributed by atoms with Gasteiger partial charge in [0, 0.05) is 20.0 Å². The van der Waals surface area contributed by atoms with Crippen LogP contribution in [-0.2, 0) is 4.79 Å². The maximum atomic E-state index is 11.8. The third kappa shape index (κ3) is 6.83. The molecule has 0 fully saturated rings. The van der Waals surface area contributed by atoms with Gasteiger partial charge in [-0.3, -0.25) is 4.79 Å². The summed E-state index contributed by atoms with van der Waals surface area (Å²) in [7, 11) is 1.87. The van der Waals surface area contributed by atoms with Gasteiger partial charge in [0.1, 0.15) is 0 Å². The second kappa shape index (κ2) is 6.89. The zero-order valence-corrected chi connectivity index (χ0v) is 11.5. The predicted molar refractivity (Wildman–Crippen MR) is 69.2 cm³/mol. The summed E-state index contributed by atoms with van der Waals surface area (Å²) in [6.45, 7) is 9.90. The highest BCUT2D eigenvalue weighted by Crippen LogP contribution is 2.15. The number of hydrogen-bond acceptors (Lipinski definition) is 2. The van der Waals surface area contributed by atoms with Crippen LogP contribution in [0.2, 0.25) is 0 Å². The van der Waals surface area contributed by atoms with Crippen LogP contribution in [0.5, 0.6) is 0 Å². The Hall–Kier alpha value is -0.570. The lowest BCUT2D eigenvalue weighted by Crippen LogP contribution is -2.39. The van der Waals surface area contributed by atoms with Crippen LogP contribution in [0.1, 0.15) is 47.0 Å². The summed E-state index contributed by atoms with van der Waals surface area (Å²) in [4.78, 5) is 13.6. The van der Waals surface area contributed by atoms with E-state index in [0.29, 0.717) is 18.9 Å². The molecule has 0 aliphatic carbocycles. The highest BCUT2D eigenvalue weighted by atomic mass is 16.2. The second-order valence-corrected chi connectivity index (χ2v) is 5.90. The minimum Gasteiger partial charge on any atom is -0.345 e. The van der Waals surface area contributed by atoms with E-state index < -0.39 is 0 Å². The molecule has 0 unspecified atom stereocenters. The molecule has 2 N–H and O–H groups in total. The minimum absolute atomic E-state index is 0.0163. The average Bonchev–Trinajstić information content (AvgIpc) is 2.16.